The van der Waals surface area contributed by atoms with E-state index >= 15 is 0 Å². The van der Waals surface area contributed by atoms with Crippen LogP contribution in [-0.2, 0) is 9.53 Å². The summed E-state index contributed by atoms with van der Waals surface area (Å²) in [6.45, 7) is 5.70. The molecule has 0 spiro atoms. The van der Waals surface area contributed by atoms with Crippen molar-refractivity contribution in [1.82, 2.24) is 0 Å². The molecule has 0 radical (unpaired) electrons. The van der Waals surface area contributed by atoms with E-state index in [9.17, 15) is 4.79 Å². The number of esters is 1. The van der Waals surface area contributed by atoms with E-state index in [-0.39, 0.29) is 5.97 Å². The number of hydrogen-bond donors (Lipinski definition) is 0. The molecule has 0 aromatic rings. The summed E-state index contributed by atoms with van der Waals surface area (Å²) < 4.78 is 5.03. The van der Waals surface area contributed by atoms with E-state index < -0.39 is 0 Å². The molecule has 0 N–H and O–H groups in total. The van der Waals surface area contributed by atoms with Gasteiger partial charge in [-0.15, -0.1) is 0 Å². The van der Waals surface area contributed by atoms with Crippen LogP contribution in [0.1, 0.15) is 39.0 Å². The lowest BCUT2D eigenvalue weighted by molar-refractivity contribution is -0.138. The maximum Gasteiger partial charge on any atom is 0.333 e. The molecule has 1 rings (SSSR count). The first kappa shape index (κ1) is 11.0. The molecule has 0 fully saturated rings. The maximum atomic E-state index is 11.0. The van der Waals surface area contributed by atoms with Crippen LogP contribution in [0.5, 0.6) is 0 Å². The van der Waals surface area contributed by atoms with Gasteiger partial charge in [-0.2, -0.15) is 0 Å². The maximum absolute atomic E-state index is 11.0. The lowest BCUT2D eigenvalue weighted by atomic mass is 9.98. The monoisotopic (exact) mass is 194 g/mol. The topological polar surface area (TPSA) is 26.3 Å². The summed E-state index contributed by atoms with van der Waals surface area (Å²) in [4.78, 5) is 11.0. The average molecular weight is 194 g/mol. The van der Waals surface area contributed by atoms with Crippen molar-refractivity contribution in [3.63, 3.8) is 0 Å². The number of carbonyl (C=O) groups is 1. The van der Waals surface area contributed by atoms with E-state index in [0.29, 0.717) is 12.2 Å². The zero-order chi connectivity index (χ0) is 10.4. The highest BCUT2D eigenvalue weighted by molar-refractivity contribution is 5.86. The molecule has 0 saturated heterocycles. The largest absolute Gasteiger partial charge is 0.462 e. The lowest BCUT2D eigenvalue weighted by Gasteiger charge is -2.12. The molecule has 0 aromatic carbocycles. The van der Waals surface area contributed by atoms with E-state index in [4.69, 9.17) is 4.74 Å². The number of ether oxygens (including phenoxy) is 1. The standard InChI is InChI=1S/C12H18O2/c1-10(2)12(13)14-9-8-11-6-4-3-5-7-11/h6H,1,3-5,7-9H2,2H3. The predicted molar refractivity (Wildman–Crippen MR) is 56.9 cm³/mol. The first-order chi connectivity index (χ1) is 6.70. The van der Waals surface area contributed by atoms with Crippen molar-refractivity contribution in [1.29, 1.82) is 0 Å². The molecule has 2 heteroatoms. The van der Waals surface area contributed by atoms with Crippen LogP contribution in [0.4, 0.5) is 0 Å². The fraction of sp³-hybridized carbons (Fsp3) is 0.583. The van der Waals surface area contributed by atoms with Gasteiger partial charge in [-0.1, -0.05) is 18.2 Å². The molecule has 14 heavy (non-hydrogen) atoms. The smallest absolute Gasteiger partial charge is 0.333 e. The van der Waals surface area contributed by atoms with E-state index in [1.807, 2.05) is 0 Å². The van der Waals surface area contributed by atoms with Crippen molar-refractivity contribution in [2.75, 3.05) is 6.61 Å². The second kappa shape index (κ2) is 5.63. The van der Waals surface area contributed by atoms with Crippen LogP contribution in [0, 0.1) is 0 Å². The van der Waals surface area contributed by atoms with Gasteiger partial charge in [-0.05, 0) is 32.6 Å². The van der Waals surface area contributed by atoms with E-state index in [1.165, 1.54) is 31.3 Å². The third kappa shape index (κ3) is 3.77. The Bertz CT molecular complexity index is 251. The highest BCUT2D eigenvalue weighted by Crippen LogP contribution is 2.19. The molecule has 2 nitrogen and oxygen atoms in total. The van der Waals surface area contributed by atoms with Gasteiger partial charge in [-0.3, -0.25) is 0 Å². The molecule has 0 aliphatic heterocycles. The molecule has 0 bridgehead atoms. The Morgan fingerprint density at radius 3 is 2.93 bits per heavy atom. The number of allylic oxidation sites excluding steroid dienone is 1. The molecule has 78 valence electrons. The second-order valence-corrected chi connectivity index (χ2v) is 3.77. The minimum atomic E-state index is -0.276. The minimum absolute atomic E-state index is 0.276. The number of rotatable bonds is 4. The van der Waals surface area contributed by atoms with Crippen molar-refractivity contribution in [2.45, 2.75) is 39.0 Å². The zero-order valence-electron chi connectivity index (χ0n) is 8.84. The van der Waals surface area contributed by atoms with Crippen molar-refractivity contribution >= 4 is 5.97 Å². The van der Waals surface area contributed by atoms with Gasteiger partial charge in [0.1, 0.15) is 0 Å². The van der Waals surface area contributed by atoms with Crippen LogP contribution >= 0.6 is 0 Å². The van der Waals surface area contributed by atoms with Gasteiger partial charge in [0, 0.05) is 12.0 Å². The Labute approximate surface area is 85.6 Å². The summed E-state index contributed by atoms with van der Waals surface area (Å²) in [6, 6.07) is 0. The molecule has 0 unspecified atom stereocenters. The lowest BCUT2D eigenvalue weighted by Crippen LogP contribution is -2.07. The molecule has 0 amide bonds. The third-order valence-electron chi connectivity index (χ3n) is 2.39. The van der Waals surface area contributed by atoms with Crippen LogP contribution < -0.4 is 0 Å². The van der Waals surface area contributed by atoms with Gasteiger partial charge in [0.05, 0.1) is 6.61 Å². The van der Waals surface area contributed by atoms with Crippen molar-refractivity contribution in [3.8, 4) is 0 Å². The van der Waals surface area contributed by atoms with Crippen LogP contribution in [0.2, 0.25) is 0 Å². The molecule has 1 aliphatic carbocycles. The van der Waals surface area contributed by atoms with Gasteiger partial charge in [0.15, 0.2) is 0 Å². The number of hydrogen-bond acceptors (Lipinski definition) is 2. The Balaban J connectivity index is 2.17. The Hall–Kier alpha value is -1.05. The highest BCUT2D eigenvalue weighted by atomic mass is 16.5. The van der Waals surface area contributed by atoms with Crippen molar-refractivity contribution in [3.05, 3.63) is 23.8 Å². The fourth-order valence-electron chi connectivity index (χ4n) is 1.53. The first-order valence-electron chi connectivity index (χ1n) is 5.20. The van der Waals surface area contributed by atoms with E-state index in [0.717, 1.165) is 6.42 Å². The molecular formula is C12H18O2. The normalized spacial score (nSPS) is 15.9. The molecule has 0 aromatic heterocycles. The summed E-state index contributed by atoms with van der Waals surface area (Å²) in [5, 5.41) is 0. The highest BCUT2D eigenvalue weighted by Gasteiger charge is 2.06. The molecule has 0 atom stereocenters. The molecule has 1 aliphatic rings. The molecule has 0 heterocycles. The minimum Gasteiger partial charge on any atom is -0.462 e. The Kier molecular flexibility index (Phi) is 4.44. The van der Waals surface area contributed by atoms with Gasteiger partial charge >= 0.3 is 5.97 Å². The third-order valence-corrected chi connectivity index (χ3v) is 2.39. The average Bonchev–Trinajstić information content (AvgIpc) is 2.19. The summed E-state index contributed by atoms with van der Waals surface area (Å²) in [5.74, 6) is -0.276. The van der Waals surface area contributed by atoms with Crippen LogP contribution in [-0.4, -0.2) is 12.6 Å². The fourth-order valence-corrected chi connectivity index (χ4v) is 1.53. The van der Waals surface area contributed by atoms with Gasteiger partial charge < -0.3 is 4.74 Å². The van der Waals surface area contributed by atoms with E-state index in [1.54, 1.807) is 6.92 Å². The van der Waals surface area contributed by atoms with Crippen molar-refractivity contribution in [2.24, 2.45) is 0 Å². The molecule has 0 saturated carbocycles. The summed E-state index contributed by atoms with van der Waals surface area (Å²) in [5.41, 5.74) is 1.91. The Morgan fingerprint density at radius 2 is 2.36 bits per heavy atom. The van der Waals surface area contributed by atoms with Gasteiger partial charge in [0.2, 0.25) is 0 Å². The van der Waals surface area contributed by atoms with Gasteiger partial charge in [0.25, 0.3) is 0 Å². The summed E-state index contributed by atoms with van der Waals surface area (Å²) >= 11 is 0. The quantitative estimate of drug-likeness (QED) is 0.390. The zero-order valence-corrected chi connectivity index (χ0v) is 8.84. The summed E-state index contributed by atoms with van der Waals surface area (Å²) in [7, 11) is 0. The SMILES string of the molecule is C=C(C)C(=O)OCCC1=CCCCC1. The summed E-state index contributed by atoms with van der Waals surface area (Å²) in [6.07, 6.45) is 8.10. The van der Waals surface area contributed by atoms with E-state index in [2.05, 4.69) is 12.7 Å². The second-order valence-electron chi connectivity index (χ2n) is 3.77. The van der Waals surface area contributed by atoms with Crippen LogP contribution in [0.15, 0.2) is 23.8 Å². The van der Waals surface area contributed by atoms with Crippen LogP contribution in [0.25, 0.3) is 0 Å². The van der Waals surface area contributed by atoms with Gasteiger partial charge in [-0.25, -0.2) is 4.79 Å². The molecular weight excluding hydrogens is 176 g/mol. The number of carbonyl (C=O) groups excluding carboxylic acids is 1. The predicted octanol–water partition coefficient (Wildman–Crippen LogP) is 3.00. The Morgan fingerprint density at radius 1 is 1.57 bits per heavy atom. The van der Waals surface area contributed by atoms with Crippen LogP contribution in [0.3, 0.4) is 0 Å². The first-order valence-corrected chi connectivity index (χ1v) is 5.20. The van der Waals surface area contributed by atoms with Crippen molar-refractivity contribution < 1.29 is 9.53 Å².